The summed E-state index contributed by atoms with van der Waals surface area (Å²) in [5.74, 6) is -0.741. The first-order valence-corrected chi connectivity index (χ1v) is 5.47. The van der Waals surface area contributed by atoms with E-state index in [4.69, 9.17) is 9.84 Å². The van der Waals surface area contributed by atoms with Gasteiger partial charge in [-0.25, -0.2) is 0 Å². The van der Waals surface area contributed by atoms with Crippen LogP contribution in [0.25, 0.3) is 0 Å². The molecule has 1 N–H and O–H groups in total. The van der Waals surface area contributed by atoms with Gasteiger partial charge in [-0.3, -0.25) is 4.79 Å². The van der Waals surface area contributed by atoms with E-state index < -0.39 is 5.97 Å². The smallest absolute Gasteiger partial charge is 0.304 e. The first-order valence-electron chi connectivity index (χ1n) is 5.47. The molecule has 1 rings (SSSR count). The summed E-state index contributed by atoms with van der Waals surface area (Å²) in [6.07, 6.45) is 2.63. The highest BCUT2D eigenvalue weighted by molar-refractivity contribution is 5.66. The molecule has 0 aromatic carbocycles. The van der Waals surface area contributed by atoms with Crippen molar-refractivity contribution in [2.24, 2.45) is 0 Å². The van der Waals surface area contributed by atoms with E-state index >= 15 is 0 Å². The molecular weight excluding hydrogens is 194 g/mol. The molecule has 1 unspecified atom stereocenters. The van der Waals surface area contributed by atoms with Crippen LogP contribution in [-0.2, 0) is 9.53 Å². The van der Waals surface area contributed by atoms with Crippen molar-refractivity contribution in [3.63, 3.8) is 0 Å². The minimum Gasteiger partial charge on any atom is -0.481 e. The van der Waals surface area contributed by atoms with Crippen LogP contribution < -0.4 is 0 Å². The molecule has 1 saturated heterocycles. The second-order valence-corrected chi connectivity index (χ2v) is 4.94. The predicted molar refractivity (Wildman–Crippen MR) is 57.9 cm³/mol. The third-order valence-electron chi connectivity index (χ3n) is 2.78. The van der Waals surface area contributed by atoms with Crippen LogP contribution in [-0.4, -0.2) is 47.8 Å². The topological polar surface area (TPSA) is 49.8 Å². The molecule has 0 radical (unpaired) electrons. The molecule has 0 aromatic rings. The Labute approximate surface area is 91.2 Å². The van der Waals surface area contributed by atoms with E-state index in [-0.39, 0.29) is 18.1 Å². The van der Waals surface area contributed by atoms with Crippen molar-refractivity contribution in [2.45, 2.75) is 44.8 Å². The van der Waals surface area contributed by atoms with Gasteiger partial charge in [0.25, 0.3) is 0 Å². The van der Waals surface area contributed by atoms with Crippen molar-refractivity contribution < 1.29 is 14.6 Å². The van der Waals surface area contributed by atoms with E-state index in [0.29, 0.717) is 6.54 Å². The van der Waals surface area contributed by atoms with Crippen LogP contribution in [0.1, 0.15) is 33.1 Å². The molecule has 0 aliphatic carbocycles. The summed E-state index contributed by atoms with van der Waals surface area (Å²) in [6.45, 7) is 5.63. The molecule has 0 saturated carbocycles. The van der Waals surface area contributed by atoms with Gasteiger partial charge in [0.15, 0.2) is 0 Å². The van der Waals surface area contributed by atoms with E-state index in [2.05, 4.69) is 13.8 Å². The molecule has 88 valence electrons. The summed E-state index contributed by atoms with van der Waals surface area (Å²) >= 11 is 0. The van der Waals surface area contributed by atoms with E-state index in [0.717, 1.165) is 19.4 Å². The van der Waals surface area contributed by atoms with Gasteiger partial charge < -0.3 is 14.7 Å². The zero-order valence-electron chi connectivity index (χ0n) is 9.82. The Bertz CT molecular complexity index is 228. The van der Waals surface area contributed by atoms with Crippen LogP contribution >= 0.6 is 0 Å². The van der Waals surface area contributed by atoms with Gasteiger partial charge in [0.1, 0.15) is 0 Å². The molecule has 15 heavy (non-hydrogen) atoms. The number of ether oxygens (including phenoxy) is 1. The van der Waals surface area contributed by atoms with Gasteiger partial charge in [-0.15, -0.1) is 0 Å². The number of nitrogens with zero attached hydrogens (tertiary/aromatic N) is 1. The lowest BCUT2D eigenvalue weighted by molar-refractivity contribution is -0.137. The second-order valence-electron chi connectivity index (χ2n) is 4.94. The Kier molecular flexibility index (Phi) is 4.11. The molecule has 1 heterocycles. The van der Waals surface area contributed by atoms with Crippen LogP contribution in [0.15, 0.2) is 0 Å². The average molecular weight is 215 g/mol. The summed E-state index contributed by atoms with van der Waals surface area (Å²) in [7, 11) is 1.94. The van der Waals surface area contributed by atoms with Crippen molar-refractivity contribution in [2.75, 3.05) is 20.1 Å². The van der Waals surface area contributed by atoms with Gasteiger partial charge in [-0.2, -0.15) is 0 Å². The number of carboxylic acid groups (broad SMARTS) is 1. The third kappa shape index (κ3) is 4.62. The van der Waals surface area contributed by atoms with Gasteiger partial charge in [-0.05, 0) is 33.7 Å². The van der Waals surface area contributed by atoms with Crippen LogP contribution in [0.2, 0.25) is 0 Å². The number of rotatable bonds is 5. The Balaban J connectivity index is 2.21. The molecule has 4 nitrogen and oxygen atoms in total. The van der Waals surface area contributed by atoms with Gasteiger partial charge >= 0.3 is 5.97 Å². The number of likely N-dealkylation sites (N-methyl/N-ethyl adjacent to an activating group) is 1. The summed E-state index contributed by atoms with van der Waals surface area (Å²) in [5, 5.41) is 8.55. The maximum absolute atomic E-state index is 10.4. The van der Waals surface area contributed by atoms with Crippen molar-refractivity contribution >= 4 is 5.97 Å². The maximum atomic E-state index is 10.4. The fraction of sp³-hybridized carbons (Fsp3) is 0.909. The van der Waals surface area contributed by atoms with E-state index in [9.17, 15) is 4.79 Å². The summed E-state index contributed by atoms with van der Waals surface area (Å²) < 4.78 is 5.84. The van der Waals surface area contributed by atoms with Crippen molar-refractivity contribution in [3.05, 3.63) is 0 Å². The SMILES string of the molecule is CN(CCC(=O)O)CC1CCC(C)(C)O1. The van der Waals surface area contributed by atoms with Gasteiger partial charge in [0.2, 0.25) is 0 Å². The first-order chi connectivity index (χ1) is 6.89. The zero-order chi connectivity index (χ0) is 11.5. The number of hydrogen-bond donors (Lipinski definition) is 1. The van der Waals surface area contributed by atoms with E-state index in [1.54, 1.807) is 0 Å². The van der Waals surface area contributed by atoms with Crippen LogP contribution in [0, 0.1) is 0 Å². The number of hydrogen-bond acceptors (Lipinski definition) is 3. The highest BCUT2D eigenvalue weighted by Gasteiger charge is 2.31. The summed E-state index contributed by atoms with van der Waals surface area (Å²) in [6, 6.07) is 0. The number of carboxylic acids is 1. The fourth-order valence-corrected chi connectivity index (χ4v) is 1.93. The zero-order valence-corrected chi connectivity index (χ0v) is 9.82. The molecular formula is C11H21NO3. The predicted octanol–water partition coefficient (Wildman–Crippen LogP) is 1.35. The summed E-state index contributed by atoms with van der Waals surface area (Å²) in [4.78, 5) is 12.4. The standard InChI is InChI=1S/C11H21NO3/c1-11(2)6-4-9(15-11)8-12(3)7-5-10(13)14/h9H,4-8H2,1-3H3,(H,13,14). The number of carbonyl (C=O) groups is 1. The maximum Gasteiger partial charge on any atom is 0.304 e. The lowest BCUT2D eigenvalue weighted by Crippen LogP contribution is -2.32. The largest absolute Gasteiger partial charge is 0.481 e. The minimum atomic E-state index is -0.741. The first kappa shape index (κ1) is 12.5. The highest BCUT2D eigenvalue weighted by atomic mass is 16.5. The summed E-state index contributed by atoms with van der Waals surface area (Å²) in [5.41, 5.74) is -0.00168. The molecule has 1 fully saturated rings. The Morgan fingerprint density at radius 2 is 2.27 bits per heavy atom. The molecule has 0 bridgehead atoms. The molecule has 0 amide bonds. The lowest BCUT2D eigenvalue weighted by Gasteiger charge is -2.23. The van der Waals surface area contributed by atoms with Crippen molar-refractivity contribution in [1.29, 1.82) is 0 Å². The van der Waals surface area contributed by atoms with E-state index in [1.165, 1.54) is 0 Å². The Hall–Kier alpha value is -0.610. The van der Waals surface area contributed by atoms with Crippen LogP contribution in [0.3, 0.4) is 0 Å². The molecule has 0 aromatic heterocycles. The van der Waals surface area contributed by atoms with Crippen LogP contribution in [0.5, 0.6) is 0 Å². The van der Waals surface area contributed by atoms with Crippen molar-refractivity contribution in [3.8, 4) is 0 Å². The number of aliphatic carboxylic acids is 1. The highest BCUT2D eigenvalue weighted by Crippen LogP contribution is 2.29. The molecule has 1 aliphatic rings. The van der Waals surface area contributed by atoms with Gasteiger partial charge in [0.05, 0.1) is 18.1 Å². The quantitative estimate of drug-likeness (QED) is 0.752. The van der Waals surface area contributed by atoms with Crippen molar-refractivity contribution in [1.82, 2.24) is 4.90 Å². The molecule has 4 heteroatoms. The minimum absolute atomic E-state index is 0.00168. The van der Waals surface area contributed by atoms with Gasteiger partial charge in [0, 0.05) is 13.1 Å². The normalized spacial score (nSPS) is 24.7. The Morgan fingerprint density at radius 3 is 2.73 bits per heavy atom. The molecule has 0 spiro atoms. The van der Waals surface area contributed by atoms with Gasteiger partial charge in [-0.1, -0.05) is 0 Å². The second kappa shape index (κ2) is 4.94. The monoisotopic (exact) mass is 215 g/mol. The van der Waals surface area contributed by atoms with E-state index in [1.807, 2.05) is 11.9 Å². The Morgan fingerprint density at radius 1 is 1.60 bits per heavy atom. The van der Waals surface area contributed by atoms with Crippen LogP contribution in [0.4, 0.5) is 0 Å². The lowest BCUT2D eigenvalue weighted by atomic mass is 10.1. The fourth-order valence-electron chi connectivity index (χ4n) is 1.93. The molecule has 1 atom stereocenters. The average Bonchev–Trinajstić information content (AvgIpc) is 2.42. The third-order valence-corrected chi connectivity index (χ3v) is 2.78. The molecule has 1 aliphatic heterocycles.